The van der Waals surface area contributed by atoms with Gasteiger partial charge < -0.3 is 20.2 Å². The predicted molar refractivity (Wildman–Crippen MR) is 116 cm³/mol. The third-order valence-electron chi connectivity index (χ3n) is 5.74. The van der Waals surface area contributed by atoms with Gasteiger partial charge in [0.15, 0.2) is 0 Å². The van der Waals surface area contributed by atoms with Crippen molar-refractivity contribution in [2.75, 3.05) is 18.0 Å². The van der Waals surface area contributed by atoms with E-state index < -0.39 is 41.2 Å². The van der Waals surface area contributed by atoms with E-state index in [1.807, 2.05) is 0 Å². The molecular weight excluding hydrogens is 433 g/mol. The fourth-order valence-corrected chi connectivity index (χ4v) is 4.12. The second kappa shape index (κ2) is 9.29. The van der Waals surface area contributed by atoms with E-state index in [0.717, 1.165) is 12.4 Å². The molecule has 2 aliphatic heterocycles. The molecular formula is C23H28FN3O6. The number of ether oxygens (including phenoxy) is 1. The lowest BCUT2D eigenvalue weighted by atomic mass is 9.97. The average molecular weight is 461 g/mol. The molecule has 10 heteroatoms. The molecule has 0 aromatic heterocycles. The SMILES string of the molecule is CC(C)(C)OC(=O)CC[C@H](C(N)=O)N1C(=O)c2cc(F)c(N3CCC(C=O)CC3)cc2C1=O. The van der Waals surface area contributed by atoms with Crippen molar-refractivity contribution < 1.29 is 33.1 Å². The highest BCUT2D eigenvalue weighted by Gasteiger charge is 2.43. The van der Waals surface area contributed by atoms with Crippen LogP contribution in [0.25, 0.3) is 0 Å². The molecule has 1 saturated heterocycles. The number of benzene rings is 1. The van der Waals surface area contributed by atoms with E-state index in [1.165, 1.54) is 6.07 Å². The topological polar surface area (TPSA) is 127 Å². The van der Waals surface area contributed by atoms with Crippen LogP contribution in [0.1, 0.15) is 67.2 Å². The highest BCUT2D eigenvalue weighted by Crippen LogP contribution is 2.33. The van der Waals surface area contributed by atoms with Crippen LogP contribution < -0.4 is 10.6 Å². The zero-order valence-corrected chi connectivity index (χ0v) is 18.9. The summed E-state index contributed by atoms with van der Waals surface area (Å²) in [5, 5.41) is 0. The van der Waals surface area contributed by atoms with Crippen molar-refractivity contribution in [2.45, 2.75) is 58.1 Å². The first-order valence-corrected chi connectivity index (χ1v) is 10.9. The van der Waals surface area contributed by atoms with Gasteiger partial charge in [-0.25, -0.2) is 4.39 Å². The third kappa shape index (κ3) is 5.20. The Labute approximate surface area is 191 Å². The van der Waals surface area contributed by atoms with Crippen molar-refractivity contribution in [1.29, 1.82) is 0 Å². The summed E-state index contributed by atoms with van der Waals surface area (Å²) in [5.41, 5.74) is 4.68. The van der Waals surface area contributed by atoms with Gasteiger partial charge in [0.1, 0.15) is 23.7 Å². The number of imide groups is 1. The average Bonchev–Trinajstić information content (AvgIpc) is 2.96. The van der Waals surface area contributed by atoms with Crippen LogP contribution in [0.3, 0.4) is 0 Å². The lowest BCUT2D eigenvalue weighted by molar-refractivity contribution is -0.155. The molecule has 1 atom stereocenters. The standard InChI is InChI=1S/C23H28FN3O6/c1-23(2,3)33-19(29)5-4-17(20(25)30)27-21(31)14-10-16(24)18(11-15(14)22(27)32)26-8-6-13(12-28)7-9-26/h10-13,17H,4-9H2,1-3H3,(H2,25,30)/t17-/m1/s1. The summed E-state index contributed by atoms with van der Waals surface area (Å²) in [6.45, 7) is 5.94. The minimum atomic E-state index is -1.38. The van der Waals surface area contributed by atoms with Crippen molar-refractivity contribution in [3.05, 3.63) is 29.1 Å². The molecule has 2 N–H and O–H groups in total. The van der Waals surface area contributed by atoms with Gasteiger partial charge in [-0.1, -0.05) is 0 Å². The first kappa shape index (κ1) is 24.3. The van der Waals surface area contributed by atoms with Crippen molar-refractivity contribution in [3.8, 4) is 0 Å². The first-order valence-electron chi connectivity index (χ1n) is 10.9. The van der Waals surface area contributed by atoms with Gasteiger partial charge in [-0.2, -0.15) is 0 Å². The van der Waals surface area contributed by atoms with Gasteiger partial charge in [0.2, 0.25) is 5.91 Å². The van der Waals surface area contributed by atoms with Crippen LogP contribution in [0.5, 0.6) is 0 Å². The fraction of sp³-hybridized carbons (Fsp3) is 0.522. The zero-order chi connectivity index (χ0) is 24.5. The van der Waals surface area contributed by atoms with Gasteiger partial charge in [-0.05, 0) is 52.2 Å². The molecule has 3 rings (SSSR count). The number of anilines is 1. The van der Waals surface area contributed by atoms with E-state index in [-0.39, 0.29) is 35.6 Å². The maximum absolute atomic E-state index is 14.9. The molecule has 2 heterocycles. The summed E-state index contributed by atoms with van der Waals surface area (Å²) in [6, 6.07) is 0.917. The number of primary amides is 1. The number of piperidine rings is 1. The Morgan fingerprint density at radius 3 is 2.27 bits per heavy atom. The Morgan fingerprint density at radius 1 is 1.18 bits per heavy atom. The third-order valence-corrected chi connectivity index (χ3v) is 5.74. The maximum Gasteiger partial charge on any atom is 0.306 e. The molecule has 0 saturated carbocycles. The lowest BCUT2D eigenvalue weighted by Gasteiger charge is -2.31. The van der Waals surface area contributed by atoms with Crippen molar-refractivity contribution in [1.82, 2.24) is 4.90 Å². The van der Waals surface area contributed by atoms with Crippen LogP contribution in [0.2, 0.25) is 0 Å². The van der Waals surface area contributed by atoms with E-state index in [1.54, 1.807) is 25.7 Å². The minimum Gasteiger partial charge on any atom is -0.460 e. The number of carbonyl (C=O) groups is 5. The number of nitrogens with zero attached hydrogens (tertiary/aromatic N) is 2. The second-order valence-corrected chi connectivity index (χ2v) is 9.33. The molecule has 1 fully saturated rings. The monoisotopic (exact) mass is 461 g/mol. The number of amides is 3. The van der Waals surface area contributed by atoms with E-state index in [2.05, 4.69) is 0 Å². The van der Waals surface area contributed by atoms with E-state index in [4.69, 9.17) is 10.5 Å². The Morgan fingerprint density at radius 2 is 1.76 bits per heavy atom. The Bertz CT molecular complexity index is 995. The van der Waals surface area contributed by atoms with Crippen LogP contribution in [-0.2, 0) is 19.1 Å². The van der Waals surface area contributed by atoms with Crippen LogP contribution in [0, 0.1) is 11.7 Å². The van der Waals surface area contributed by atoms with Crippen LogP contribution in [0.15, 0.2) is 12.1 Å². The molecule has 1 aromatic carbocycles. The zero-order valence-electron chi connectivity index (χ0n) is 18.9. The van der Waals surface area contributed by atoms with Crippen LogP contribution in [-0.4, -0.2) is 59.6 Å². The molecule has 1 aromatic rings. The number of nitrogens with two attached hydrogens (primary N) is 1. The van der Waals surface area contributed by atoms with E-state index >= 15 is 0 Å². The molecule has 0 aliphatic carbocycles. The number of halogens is 1. The Hall–Kier alpha value is -3.30. The molecule has 2 aliphatic rings. The predicted octanol–water partition coefficient (Wildman–Crippen LogP) is 1.81. The number of hydrogen-bond donors (Lipinski definition) is 1. The highest BCUT2D eigenvalue weighted by molar-refractivity contribution is 6.23. The quantitative estimate of drug-likeness (QED) is 0.373. The van der Waals surface area contributed by atoms with Crippen molar-refractivity contribution in [2.24, 2.45) is 11.7 Å². The van der Waals surface area contributed by atoms with Gasteiger partial charge in [-0.3, -0.25) is 24.1 Å². The summed E-state index contributed by atoms with van der Waals surface area (Å²) in [6.07, 6.45) is 1.58. The molecule has 0 unspecified atom stereocenters. The molecule has 178 valence electrons. The maximum atomic E-state index is 14.9. The molecule has 0 bridgehead atoms. The smallest absolute Gasteiger partial charge is 0.306 e. The molecule has 33 heavy (non-hydrogen) atoms. The number of esters is 1. The van der Waals surface area contributed by atoms with Gasteiger partial charge in [0.25, 0.3) is 11.8 Å². The number of fused-ring (bicyclic) bond motifs is 1. The number of rotatable bonds is 7. The van der Waals surface area contributed by atoms with E-state index in [0.29, 0.717) is 30.8 Å². The largest absolute Gasteiger partial charge is 0.460 e. The molecule has 3 amide bonds. The van der Waals surface area contributed by atoms with Crippen molar-refractivity contribution in [3.63, 3.8) is 0 Å². The normalized spacial score (nSPS) is 17.7. The highest BCUT2D eigenvalue weighted by atomic mass is 19.1. The fourth-order valence-electron chi connectivity index (χ4n) is 4.12. The van der Waals surface area contributed by atoms with Gasteiger partial charge in [0.05, 0.1) is 16.8 Å². The second-order valence-electron chi connectivity index (χ2n) is 9.33. The lowest BCUT2D eigenvalue weighted by Crippen LogP contribution is -2.48. The van der Waals surface area contributed by atoms with Crippen LogP contribution in [0.4, 0.5) is 10.1 Å². The number of aldehydes is 1. The minimum absolute atomic E-state index is 0.0302. The van der Waals surface area contributed by atoms with Crippen LogP contribution >= 0.6 is 0 Å². The molecule has 9 nitrogen and oxygen atoms in total. The van der Waals surface area contributed by atoms with Gasteiger partial charge in [-0.15, -0.1) is 0 Å². The molecule has 0 radical (unpaired) electrons. The van der Waals surface area contributed by atoms with Gasteiger partial charge in [0, 0.05) is 25.4 Å². The molecule has 0 spiro atoms. The summed E-state index contributed by atoms with van der Waals surface area (Å²) < 4.78 is 20.1. The summed E-state index contributed by atoms with van der Waals surface area (Å²) >= 11 is 0. The number of carbonyl (C=O) groups excluding carboxylic acids is 5. The summed E-state index contributed by atoms with van der Waals surface area (Å²) in [5.74, 6) is -3.92. The number of hydrogen-bond acceptors (Lipinski definition) is 7. The van der Waals surface area contributed by atoms with Crippen molar-refractivity contribution >= 4 is 35.7 Å². The summed E-state index contributed by atoms with van der Waals surface area (Å²) in [7, 11) is 0. The Kier molecular flexibility index (Phi) is 6.85. The Balaban J connectivity index is 1.82. The first-order chi connectivity index (χ1) is 15.4. The summed E-state index contributed by atoms with van der Waals surface area (Å²) in [4.78, 5) is 63.5. The van der Waals surface area contributed by atoms with E-state index in [9.17, 15) is 28.4 Å². The van der Waals surface area contributed by atoms with Gasteiger partial charge >= 0.3 is 5.97 Å².